The Hall–Kier alpha value is -1.85. The first-order chi connectivity index (χ1) is 12.2. The lowest BCUT2D eigenvalue weighted by Gasteiger charge is -2.27. The largest absolute Gasteiger partial charge is 0.475 e. The molecule has 2 unspecified atom stereocenters. The van der Waals surface area contributed by atoms with Crippen LogP contribution in [0.25, 0.3) is 5.69 Å². The number of imidazole rings is 1. The van der Waals surface area contributed by atoms with Gasteiger partial charge in [-0.1, -0.05) is 20.8 Å². The van der Waals surface area contributed by atoms with Crippen LogP contribution in [0.15, 0.2) is 43.0 Å². The smallest absolute Gasteiger partial charge is 0.152 e. The molecule has 5 heteroatoms. The van der Waals surface area contributed by atoms with Crippen molar-refractivity contribution in [1.29, 1.82) is 0 Å². The van der Waals surface area contributed by atoms with Gasteiger partial charge in [-0.3, -0.25) is 4.90 Å². The number of nitrogens with zero attached hydrogens (tertiary/aromatic N) is 3. The van der Waals surface area contributed by atoms with Crippen molar-refractivity contribution in [3.8, 4) is 11.4 Å². The van der Waals surface area contributed by atoms with E-state index in [0.29, 0.717) is 12.0 Å². The third kappa shape index (κ3) is 4.83. The quantitative estimate of drug-likeness (QED) is 0.732. The molecule has 2 heterocycles. The van der Waals surface area contributed by atoms with Gasteiger partial charge in [0.15, 0.2) is 6.23 Å². The molecule has 0 radical (unpaired) electrons. The maximum Gasteiger partial charge on any atom is 0.152 e. The van der Waals surface area contributed by atoms with Crippen molar-refractivity contribution in [1.82, 2.24) is 14.5 Å². The Kier molecular flexibility index (Phi) is 6.10. The van der Waals surface area contributed by atoms with Gasteiger partial charge in [-0.2, -0.15) is 0 Å². The summed E-state index contributed by atoms with van der Waals surface area (Å²) in [5, 5.41) is 0. The van der Waals surface area contributed by atoms with E-state index < -0.39 is 0 Å². The van der Waals surface area contributed by atoms with E-state index in [1.807, 2.05) is 22.9 Å². The predicted molar refractivity (Wildman–Crippen MR) is 99.0 cm³/mol. The Balaban J connectivity index is 1.55. The standard InChI is InChI=1S/C20H29N3O2/c1-4-20(22-11-9-19(13-22)24-14-16(2)3)25-18-7-5-17(6-8-18)23-12-10-21-15-23/h5-8,10,12,15-16,19-20H,4,9,11,13-14H2,1-3H3. The maximum atomic E-state index is 6.24. The number of aromatic nitrogens is 2. The zero-order valence-electron chi connectivity index (χ0n) is 15.5. The topological polar surface area (TPSA) is 39.5 Å². The summed E-state index contributed by atoms with van der Waals surface area (Å²) in [6, 6.07) is 8.17. The summed E-state index contributed by atoms with van der Waals surface area (Å²) in [5.74, 6) is 1.49. The van der Waals surface area contributed by atoms with Gasteiger partial charge in [0.05, 0.1) is 12.4 Å². The highest BCUT2D eigenvalue weighted by Gasteiger charge is 2.29. The molecule has 3 rings (SSSR count). The monoisotopic (exact) mass is 343 g/mol. The molecule has 0 bridgehead atoms. The van der Waals surface area contributed by atoms with Gasteiger partial charge in [-0.15, -0.1) is 0 Å². The number of benzene rings is 1. The minimum absolute atomic E-state index is 0.103. The van der Waals surface area contributed by atoms with Crippen molar-refractivity contribution in [2.24, 2.45) is 5.92 Å². The van der Waals surface area contributed by atoms with E-state index in [0.717, 1.165) is 44.0 Å². The molecule has 0 amide bonds. The number of likely N-dealkylation sites (tertiary alicyclic amines) is 1. The molecule has 0 N–H and O–H groups in total. The Bertz CT molecular complexity index is 625. The van der Waals surface area contributed by atoms with Gasteiger partial charge in [0, 0.05) is 37.8 Å². The van der Waals surface area contributed by atoms with Gasteiger partial charge < -0.3 is 14.0 Å². The van der Waals surface area contributed by atoms with Crippen LogP contribution in [0.4, 0.5) is 0 Å². The van der Waals surface area contributed by atoms with Crippen LogP contribution in [0.2, 0.25) is 0 Å². The minimum Gasteiger partial charge on any atom is -0.475 e. The first kappa shape index (κ1) is 18.0. The molecule has 1 saturated heterocycles. The Morgan fingerprint density at radius 3 is 2.68 bits per heavy atom. The molecular weight excluding hydrogens is 314 g/mol. The second kappa shape index (κ2) is 8.50. The predicted octanol–water partition coefficient (Wildman–Crippen LogP) is 3.73. The lowest BCUT2D eigenvalue weighted by atomic mass is 10.2. The van der Waals surface area contributed by atoms with E-state index in [1.165, 1.54) is 0 Å². The first-order valence-electron chi connectivity index (χ1n) is 9.26. The van der Waals surface area contributed by atoms with Crippen molar-refractivity contribution < 1.29 is 9.47 Å². The van der Waals surface area contributed by atoms with Crippen LogP contribution in [-0.2, 0) is 4.74 Å². The van der Waals surface area contributed by atoms with E-state index >= 15 is 0 Å². The molecule has 0 saturated carbocycles. The maximum absolute atomic E-state index is 6.24. The highest BCUT2D eigenvalue weighted by Crippen LogP contribution is 2.22. The summed E-state index contributed by atoms with van der Waals surface area (Å²) >= 11 is 0. The number of rotatable bonds is 8. The van der Waals surface area contributed by atoms with E-state index in [2.05, 4.69) is 42.8 Å². The fourth-order valence-corrected chi connectivity index (χ4v) is 3.16. The highest BCUT2D eigenvalue weighted by molar-refractivity contribution is 5.37. The first-order valence-corrected chi connectivity index (χ1v) is 9.26. The average Bonchev–Trinajstić information content (AvgIpc) is 3.30. The van der Waals surface area contributed by atoms with Gasteiger partial charge in [-0.05, 0) is 43.0 Å². The zero-order chi connectivity index (χ0) is 17.6. The van der Waals surface area contributed by atoms with E-state index in [-0.39, 0.29) is 6.23 Å². The number of hydrogen-bond acceptors (Lipinski definition) is 4. The zero-order valence-corrected chi connectivity index (χ0v) is 15.5. The molecule has 25 heavy (non-hydrogen) atoms. The van der Waals surface area contributed by atoms with Crippen LogP contribution in [-0.4, -0.2) is 46.5 Å². The molecule has 2 aromatic rings. The van der Waals surface area contributed by atoms with E-state index in [1.54, 1.807) is 12.5 Å². The average molecular weight is 343 g/mol. The molecule has 2 atom stereocenters. The van der Waals surface area contributed by atoms with Gasteiger partial charge in [0.25, 0.3) is 0 Å². The van der Waals surface area contributed by atoms with Crippen molar-refractivity contribution in [3.63, 3.8) is 0 Å². The molecule has 1 aromatic heterocycles. The van der Waals surface area contributed by atoms with Crippen molar-refractivity contribution in [2.45, 2.75) is 45.9 Å². The fourth-order valence-electron chi connectivity index (χ4n) is 3.16. The minimum atomic E-state index is 0.103. The van der Waals surface area contributed by atoms with Crippen LogP contribution in [0.1, 0.15) is 33.6 Å². The Labute approximate surface area is 150 Å². The summed E-state index contributed by atoms with van der Waals surface area (Å²) < 4.78 is 14.2. The van der Waals surface area contributed by atoms with Crippen molar-refractivity contribution in [3.05, 3.63) is 43.0 Å². The van der Waals surface area contributed by atoms with Gasteiger partial charge >= 0.3 is 0 Å². The second-order valence-corrected chi connectivity index (χ2v) is 7.08. The molecule has 0 aliphatic carbocycles. The van der Waals surface area contributed by atoms with Gasteiger partial charge in [0.2, 0.25) is 0 Å². The summed E-state index contributed by atoms with van der Waals surface area (Å²) in [4.78, 5) is 6.48. The lowest BCUT2D eigenvalue weighted by molar-refractivity contribution is 0.00677. The highest BCUT2D eigenvalue weighted by atomic mass is 16.5. The summed E-state index contributed by atoms with van der Waals surface area (Å²) in [6.07, 6.45) is 8.00. The third-order valence-corrected chi connectivity index (χ3v) is 4.51. The number of ether oxygens (including phenoxy) is 2. The molecule has 5 nitrogen and oxygen atoms in total. The van der Waals surface area contributed by atoms with Crippen LogP contribution in [0.5, 0.6) is 5.75 Å². The Morgan fingerprint density at radius 2 is 2.04 bits per heavy atom. The van der Waals surface area contributed by atoms with E-state index in [9.17, 15) is 0 Å². The molecule has 1 aliphatic rings. The molecule has 136 valence electrons. The summed E-state index contributed by atoms with van der Waals surface area (Å²) in [5.41, 5.74) is 1.08. The second-order valence-electron chi connectivity index (χ2n) is 7.08. The van der Waals surface area contributed by atoms with Crippen molar-refractivity contribution in [2.75, 3.05) is 19.7 Å². The third-order valence-electron chi connectivity index (χ3n) is 4.51. The normalized spacial score (nSPS) is 19.4. The number of hydrogen-bond donors (Lipinski definition) is 0. The summed E-state index contributed by atoms with van der Waals surface area (Å²) in [6.45, 7) is 9.39. The van der Waals surface area contributed by atoms with Gasteiger partial charge in [-0.25, -0.2) is 4.98 Å². The molecule has 1 aromatic carbocycles. The van der Waals surface area contributed by atoms with Crippen LogP contribution in [0.3, 0.4) is 0 Å². The molecule has 1 aliphatic heterocycles. The molecule has 0 spiro atoms. The van der Waals surface area contributed by atoms with Crippen LogP contribution >= 0.6 is 0 Å². The molecular formula is C20H29N3O2. The Morgan fingerprint density at radius 1 is 1.24 bits per heavy atom. The van der Waals surface area contributed by atoms with Gasteiger partial charge in [0.1, 0.15) is 5.75 Å². The van der Waals surface area contributed by atoms with Crippen molar-refractivity contribution >= 4 is 0 Å². The summed E-state index contributed by atoms with van der Waals surface area (Å²) in [7, 11) is 0. The van der Waals surface area contributed by atoms with E-state index in [4.69, 9.17) is 9.47 Å². The SMILES string of the molecule is CCC(Oc1ccc(-n2ccnc2)cc1)N1CCC(OCC(C)C)C1. The fraction of sp³-hybridized carbons (Fsp3) is 0.550. The molecule has 1 fully saturated rings. The van der Waals surface area contributed by atoms with Crippen LogP contribution < -0.4 is 4.74 Å². The van der Waals surface area contributed by atoms with Crippen LogP contribution in [0, 0.1) is 5.92 Å². The lowest BCUT2D eigenvalue weighted by Crippen LogP contribution is -2.38.